The van der Waals surface area contributed by atoms with E-state index < -0.39 is 23.8 Å². The predicted molar refractivity (Wildman–Crippen MR) is 102 cm³/mol. The van der Waals surface area contributed by atoms with E-state index in [1.54, 1.807) is 41.5 Å². The molecule has 0 radical (unpaired) electrons. The standard InChI is InChI=1S/C18H23Cl2N3O3/c1-5-22-17(24)26-15(18(2,3)4)16(23-9-8-21-11-23)25-14-7-6-12(19)10-13(14)20/h6-11,15-16H,5H2,1-4H3,(H,22,24). The van der Waals surface area contributed by atoms with Gasteiger partial charge in [0, 0.05) is 29.4 Å². The number of aromatic nitrogens is 2. The Kier molecular flexibility index (Phi) is 6.78. The summed E-state index contributed by atoms with van der Waals surface area (Å²) >= 11 is 12.2. The summed E-state index contributed by atoms with van der Waals surface area (Å²) < 4.78 is 13.6. The van der Waals surface area contributed by atoms with E-state index in [2.05, 4.69) is 10.3 Å². The smallest absolute Gasteiger partial charge is 0.407 e. The van der Waals surface area contributed by atoms with Crippen LogP contribution in [0.15, 0.2) is 36.9 Å². The van der Waals surface area contributed by atoms with Crippen molar-refractivity contribution in [2.45, 2.75) is 40.0 Å². The number of imidazole rings is 1. The molecule has 2 aromatic rings. The molecule has 0 aliphatic heterocycles. The highest BCUT2D eigenvalue weighted by Crippen LogP contribution is 2.36. The average molecular weight is 400 g/mol. The van der Waals surface area contributed by atoms with Gasteiger partial charge in [-0.15, -0.1) is 0 Å². The summed E-state index contributed by atoms with van der Waals surface area (Å²) in [5.41, 5.74) is -0.418. The van der Waals surface area contributed by atoms with Gasteiger partial charge in [0.15, 0.2) is 6.10 Å². The monoisotopic (exact) mass is 399 g/mol. The van der Waals surface area contributed by atoms with Gasteiger partial charge in [0.2, 0.25) is 6.23 Å². The van der Waals surface area contributed by atoms with Crippen LogP contribution in [-0.2, 0) is 4.74 Å². The van der Waals surface area contributed by atoms with Crippen LogP contribution in [0.1, 0.15) is 33.9 Å². The highest BCUT2D eigenvalue weighted by molar-refractivity contribution is 6.35. The number of hydrogen-bond donors (Lipinski definition) is 1. The van der Waals surface area contributed by atoms with Crippen molar-refractivity contribution in [3.05, 3.63) is 47.0 Å². The molecule has 1 aromatic carbocycles. The molecule has 1 aromatic heterocycles. The third-order valence-electron chi connectivity index (χ3n) is 3.63. The topological polar surface area (TPSA) is 65.4 Å². The normalized spacial score (nSPS) is 13.8. The Bertz CT molecular complexity index is 730. The summed E-state index contributed by atoms with van der Waals surface area (Å²) in [7, 11) is 0. The summed E-state index contributed by atoms with van der Waals surface area (Å²) in [6.07, 6.45) is 3.19. The van der Waals surface area contributed by atoms with Crippen molar-refractivity contribution in [1.29, 1.82) is 0 Å². The number of nitrogens with zero attached hydrogens (tertiary/aromatic N) is 2. The van der Waals surface area contributed by atoms with E-state index in [1.807, 2.05) is 27.7 Å². The molecule has 1 heterocycles. The van der Waals surface area contributed by atoms with E-state index in [4.69, 9.17) is 32.7 Å². The van der Waals surface area contributed by atoms with Gasteiger partial charge in [-0.25, -0.2) is 9.78 Å². The zero-order valence-corrected chi connectivity index (χ0v) is 16.7. The molecule has 26 heavy (non-hydrogen) atoms. The molecule has 0 aliphatic rings. The van der Waals surface area contributed by atoms with Crippen LogP contribution in [0.4, 0.5) is 4.79 Å². The molecule has 0 aliphatic carbocycles. The summed E-state index contributed by atoms with van der Waals surface area (Å²) in [4.78, 5) is 16.2. The second-order valence-corrected chi connectivity index (χ2v) is 7.66. The van der Waals surface area contributed by atoms with Crippen molar-refractivity contribution >= 4 is 29.3 Å². The van der Waals surface area contributed by atoms with Crippen LogP contribution < -0.4 is 10.1 Å². The number of carbonyl (C=O) groups excluding carboxylic acids is 1. The first kappa shape index (κ1) is 20.4. The zero-order valence-electron chi connectivity index (χ0n) is 15.2. The third kappa shape index (κ3) is 5.29. The van der Waals surface area contributed by atoms with Crippen molar-refractivity contribution in [3.63, 3.8) is 0 Å². The Morgan fingerprint density at radius 1 is 1.35 bits per heavy atom. The largest absolute Gasteiger partial charge is 0.465 e. The van der Waals surface area contributed by atoms with Crippen LogP contribution in [0.5, 0.6) is 5.75 Å². The minimum atomic E-state index is -0.668. The Morgan fingerprint density at radius 2 is 2.08 bits per heavy atom. The first-order valence-electron chi connectivity index (χ1n) is 8.26. The van der Waals surface area contributed by atoms with Crippen molar-refractivity contribution in [2.24, 2.45) is 5.41 Å². The number of hydrogen-bond acceptors (Lipinski definition) is 4. The van der Waals surface area contributed by atoms with Gasteiger partial charge in [0.25, 0.3) is 0 Å². The minimum absolute atomic E-state index is 0.369. The summed E-state index contributed by atoms with van der Waals surface area (Å²) in [5.74, 6) is 0.434. The first-order valence-corrected chi connectivity index (χ1v) is 9.01. The molecule has 8 heteroatoms. The highest BCUT2D eigenvalue weighted by atomic mass is 35.5. The van der Waals surface area contributed by atoms with Gasteiger partial charge < -0.3 is 14.8 Å². The Morgan fingerprint density at radius 3 is 2.62 bits per heavy atom. The number of halogens is 2. The number of rotatable bonds is 6. The number of benzene rings is 1. The number of ether oxygens (including phenoxy) is 2. The molecule has 2 atom stereocenters. The Hall–Kier alpha value is -1.92. The van der Waals surface area contributed by atoms with Gasteiger partial charge in [-0.05, 0) is 25.1 Å². The molecule has 6 nitrogen and oxygen atoms in total. The van der Waals surface area contributed by atoms with E-state index in [9.17, 15) is 4.79 Å². The van der Waals surface area contributed by atoms with Gasteiger partial charge in [-0.2, -0.15) is 0 Å². The van der Waals surface area contributed by atoms with Crippen LogP contribution in [0.3, 0.4) is 0 Å². The van der Waals surface area contributed by atoms with Crippen LogP contribution in [0.2, 0.25) is 10.0 Å². The van der Waals surface area contributed by atoms with E-state index in [0.29, 0.717) is 22.3 Å². The van der Waals surface area contributed by atoms with Gasteiger partial charge in [0.1, 0.15) is 5.75 Å². The molecule has 1 amide bonds. The minimum Gasteiger partial charge on any atom is -0.465 e. The molecule has 0 saturated heterocycles. The summed E-state index contributed by atoms with van der Waals surface area (Å²) in [6.45, 7) is 8.19. The van der Waals surface area contributed by atoms with Crippen LogP contribution in [0.25, 0.3) is 0 Å². The van der Waals surface area contributed by atoms with Crippen LogP contribution >= 0.6 is 23.2 Å². The molecule has 1 N–H and O–H groups in total. The first-order chi connectivity index (χ1) is 12.2. The number of alkyl carbamates (subject to hydrolysis) is 1. The van der Waals surface area contributed by atoms with Crippen LogP contribution in [-0.4, -0.2) is 28.3 Å². The maximum Gasteiger partial charge on any atom is 0.407 e. The fourth-order valence-corrected chi connectivity index (χ4v) is 2.82. The molecule has 0 bridgehead atoms. The Labute approximate surface area is 163 Å². The van der Waals surface area contributed by atoms with Crippen molar-refractivity contribution in [2.75, 3.05) is 6.54 Å². The lowest BCUT2D eigenvalue weighted by molar-refractivity contribution is -0.0742. The number of amides is 1. The summed E-state index contributed by atoms with van der Waals surface area (Å²) in [5, 5.41) is 3.52. The molecule has 0 fully saturated rings. The quantitative estimate of drug-likeness (QED) is 0.747. The molecular weight excluding hydrogens is 377 g/mol. The van der Waals surface area contributed by atoms with E-state index >= 15 is 0 Å². The molecule has 2 unspecified atom stereocenters. The molecule has 0 spiro atoms. The highest BCUT2D eigenvalue weighted by Gasteiger charge is 2.38. The number of carbonyl (C=O) groups is 1. The second kappa shape index (κ2) is 8.64. The fraction of sp³-hybridized carbons (Fsp3) is 0.444. The molecular formula is C18H23Cl2N3O3. The van der Waals surface area contributed by atoms with E-state index in [0.717, 1.165) is 0 Å². The molecule has 0 saturated carbocycles. The van der Waals surface area contributed by atoms with Gasteiger partial charge in [0.05, 0.1) is 11.3 Å². The van der Waals surface area contributed by atoms with Gasteiger partial charge in [-0.1, -0.05) is 44.0 Å². The van der Waals surface area contributed by atoms with E-state index in [1.165, 1.54) is 0 Å². The Balaban J connectivity index is 2.39. The maximum absolute atomic E-state index is 12.1. The maximum atomic E-state index is 12.1. The zero-order chi connectivity index (χ0) is 19.3. The lowest BCUT2D eigenvalue weighted by Gasteiger charge is -2.36. The predicted octanol–water partition coefficient (Wildman–Crippen LogP) is 4.93. The second-order valence-electron chi connectivity index (χ2n) is 6.82. The molecule has 142 valence electrons. The summed E-state index contributed by atoms with van der Waals surface area (Å²) in [6, 6.07) is 4.96. The van der Waals surface area contributed by atoms with Crippen LogP contribution in [0, 0.1) is 5.41 Å². The van der Waals surface area contributed by atoms with Crippen molar-refractivity contribution in [1.82, 2.24) is 14.9 Å². The van der Waals surface area contributed by atoms with Crippen molar-refractivity contribution < 1.29 is 14.3 Å². The third-order valence-corrected chi connectivity index (χ3v) is 4.16. The van der Waals surface area contributed by atoms with Gasteiger partial charge in [-0.3, -0.25) is 4.57 Å². The average Bonchev–Trinajstić information content (AvgIpc) is 3.06. The molecule has 2 rings (SSSR count). The van der Waals surface area contributed by atoms with Gasteiger partial charge >= 0.3 is 6.09 Å². The SMILES string of the molecule is CCNC(=O)OC(C(Oc1ccc(Cl)cc1Cl)n1ccnc1)C(C)(C)C. The van der Waals surface area contributed by atoms with E-state index in [-0.39, 0.29) is 0 Å². The fourth-order valence-electron chi connectivity index (χ4n) is 2.36. The lowest BCUT2D eigenvalue weighted by atomic mass is 9.87. The number of nitrogens with one attached hydrogen (secondary N) is 1. The van der Waals surface area contributed by atoms with Crippen molar-refractivity contribution in [3.8, 4) is 5.75 Å². The lowest BCUT2D eigenvalue weighted by Crippen LogP contribution is -2.44.